The van der Waals surface area contributed by atoms with Gasteiger partial charge in [0.25, 0.3) is 0 Å². The van der Waals surface area contributed by atoms with Crippen LogP contribution in [0.2, 0.25) is 0 Å². The van der Waals surface area contributed by atoms with Gasteiger partial charge >= 0.3 is 12.0 Å². The zero-order chi connectivity index (χ0) is 13.8. The molecule has 0 aromatic carbocycles. The second-order valence-corrected chi connectivity index (χ2v) is 4.77. The number of likely N-dealkylation sites (tertiary alicyclic amines) is 1. The maximum absolute atomic E-state index is 12.0. The van der Waals surface area contributed by atoms with Crippen LogP contribution in [0.1, 0.15) is 30.5 Å². The summed E-state index contributed by atoms with van der Waals surface area (Å²) in [5.74, 6) is -0.865. The molecule has 104 valence electrons. The number of carboxylic acids is 1. The maximum Gasteiger partial charge on any atom is 0.317 e. The number of aromatic amines is 1. The molecule has 1 aromatic rings. The lowest BCUT2D eigenvalue weighted by molar-refractivity contribution is -0.137. The number of hydrogen-bond acceptors (Lipinski definition) is 3. The Kier molecular flexibility index (Phi) is 4.03. The number of aryl methyl sites for hydroxylation is 1. The molecule has 0 spiro atoms. The highest BCUT2D eigenvalue weighted by Gasteiger charge is 2.30. The molecule has 7 nitrogen and oxygen atoms in total. The molecule has 1 unspecified atom stereocenters. The van der Waals surface area contributed by atoms with Crippen LogP contribution in [0, 0.1) is 6.92 Å². The molecule has 0 saturated carbocycles. The third-order valence-electron chi connectivity index (χ3n) is 3.41. The van der Waals surface area contributed by atoms with Crippen molar-refractivity contribution in [2.45, 2.75) is 38.8 Å². The molecule has 0 aliphatic carbocycles. The van der Waals surface area contributed by atoms with Gasteiger partial charge in [-0.25, -0.2) is 4.79 Å². The van der Waals surface area contributed by atoms with Crippen molar-refractivity contribution in [1.82, 2.24) is 20.4 Å². The predicted octanol–water partition coefficient (Wildman–Crippen LogP) is 0.867. The van der Waals surface area contributed by atoms with Crippen LogP contribution in [0.15, 0.2) is 6.20 Å². The molecule has 0 radical (unpaired) electrons. The summed E-state index contributed by atoms with van der Waals surface area (Å²) in [5, 5.41) is 18.3. The Bertz CT molecular complexity index is 471. The molecule has 2 heterocycles. The van der Waals surface area contributed by atoms with Gasteiger partial charge in [0, 0.05) is 30.4 Å². The van der Waals surface area contributed by atoms with E-state index >= 15 is 0 Å². The first-order valence-electron chi connectivity index (χ1n) is 6.33. The van der Waals surface area contributed by atoms with Gasteiger partial charge in [-0.15, -0.1) is 0 Å². The van der Waals surface area contributed by atoms with Crippen LogP contribution < -0.4 is 5.32 Å². The monoisotopic (exact) mass is 266 g/mol. The molecule has 1 saturated heterocycles. The molecule has 2 rings (SSSR count). The number of amides is 2. The Morgan fingerprint density at radius 1 is 1.63 bits per heavy atom. The molecule has 1 aromatic heterocycles. The third kappa shape index (κ3) is 3.24. The van der Waals surface area contributed by atoms with Crippen LogP contribution in [0.4, 0.5) is 4.79 Å². The summed E-state index contributed by atoms with van der Waals surface area (Å²) in [6, 6.07) is -0.396. The van der Waals surface area contributed by atoms with E-state index < -0.39 is 5.97 Å². The number of aromatic nitrogens is 2. The van der Waals surface area contributed by atoms with Crippen LogP contribution >= 0.6 is 0 Å². The summed E-state index contributed by atoms with van der Waals surface area (Å²) >= 11 is 0. The second-order valence-electron chi connectivity index (χ2n) is 4.77. The number of carbonyl (C=O) groups is 2. The van der Waals surface area contributed by atoms with Crippen molar-refractivity contribution in [1.29, 1.82) is 0 Å². The number of nitrogens with one attached hydrogen (secondary N) is 2. The molecule has 7 heteroatoms. The topological polar surface area (TPSA) is 98.3 Å². The lowest BCUT2D eigenvalue weighted by Gasteiger charge is -2.23. The Hall–Kier alpha value is -2.05. The van der Waals surface area contributed by atoms with Gasteiger partial charge in [-0.2, -0.15) is 5.10 Å². The van der Waals surface area contributed by atoms with E-state index in [-0.39, 0.29) is 18.5 Å². The van der Waals surface area contributed by atoms with Crippen molar-refractivity contribution in [3.05, 3.63) is 17.5 Å². The highest BCUT2D eigenvalue weighted by Crippen LogP contribution is 2.20. The van der Waals surface area contributed by atoms with E-state index in [2.05, 4.69) is 15.5 Å². The molecule has 1 aliphatic heterocycles. The highest BCUT2D eigenvalue weighted by molar-refractivity contribution is 5.76. The van der Waals surface area contributed by atoms with Gasteiger partial charge in [0.2, 0.25) is 0 Å². The Labute approximate surface area is 111 Å². The number of urea groups is 1. The number of H-pyrrole nitrogens is 1. The SMILES string of the molecule is Cc1[nH]ncc1CNC(=O)N1CCCC1CC(=O)O. The number of carboxylic acid groups (broad SMARTS) is 1. The lowest BCUT2D eigenvalue weighted by Crippen LogP contribution is -2.43. The van der Waals surface area contributed by atoms with Crippen molar-refractivity contribution in [2.75, 3.05) is 6.54 Å². The number of nitrogens with zero attached hydrogens (tertiary/aromatic N) is 2. The summed E-state index contributed by atoms with van der Waals surface area (Å²) < 4.78 is 0. The standard InChI is InChI=1S/C12H18N4O3/c1-8-9(7-14-15-8)6-13-12(19)16-4-2-3-10(16)5-11(17)18/h7,10H,2-6H2,1H3,(H,13,19)(H,14,15)(H,17,18). The normalized spacial score (nSPS) is 18.6. The average Bonchev–Trinajstić information content (AvgIpc) is 2.95. The Morgan fingerprint density at radius 2 is 2.42 bits per heavy atom. The quantitative estimate of drug-likeness (QED) is 0.753. The summed E-state index contributed by atoms with van der Waals surface area (Å²) in [4.78, 5) is 24.4. The first kappa shape index (κ1) is 13.4. The summed E-state index contributed by atoms with van der Waals surface area (Å²) in [5.41, 5.74) is 1.85. The summed E-state index contributed by atoms with van der Waals surface area (Å²) in [6.07, 6.45) is 3.30. The van der Waals surface area contributed by atoms with Crippen LogP contribution in [0.25, 0.3) is 0 Å². The van der Waals surface area contributed by atoms with Crippen LogP contribution in [-0.2, 0) is 11.3 Å². The minimum absolute atomic E-state index is 0.0121. The molecule has 2 amide bonds. The van der Waals surface area contributed by atoms with E-state index in [0.29, 0.717) is 13.1 Å². The first-order chi connectivity index (χ1) is 9.08. The molecule has 0 bridgehead atoms. The summed E-state index contributed by atoms with van der Waals surface area (Å²) in [6.45, 7) is 2.91. The van der Waals surface area contributed by atoms with Crippen molar-refractivity contribution in [3.8, 4) is 0 Å². The lowest BCUT2D eigenvalue weighted by atomic mass is 10.1. The van der Waals surface area contributed by atoms with Crippen molar-refractivity contribution in [3.63, 3.8) is 0 Å². The largest absolute Gasteiger partial charge is 0.481 e. The first-order valence-corrected chi connectivity index (χ1v) is 6.33. The molecule has 19 heavy (non-hydrogen) atoms. The zero-order valence-corrected chi connectivity index (χ0v) is 10.8. The molecule has 3 N–H and O–H groups in total. The van der Waals surface area contributed by atoms with E-state index in [1.807, 2.05) is 6.92 Å². The van der Waals surface area contributed by atoms with Gasteiger partial charge in [0.05, 0.1) is 12.6 Å². The number of rotatable bonds is 4. The predicted molar refractivity (Wildman–Crippen MR) is 67.5 cm³/mol. The fourth-order valence-corrected chi connectivity index (χ4v) is 2.34. The molecular formula is C12H18N4O3. The minimum atomic E-state index is -0.865. The number of carbonyl (C=O) groups excluding carboxylic acids is 1. The fourth-order valence-electron chi connectivity index (χ4n) is 2.34. The van der Waals surface area contributed by atoms with E-state index in [9.17, 15) is 9.59 Å². The Morgan fingerprint density at radius 3 is 3.05 bits per heavy atom. The van der Waals surface area contributed by atoms with E-state index in [0.717, 1.165) is 24.1 Å². The van der Waals surface area contributed by atoms with Gasteiger partial charge < -0.3 is 15.3 Å². The smallest absolute Gasteiger partial charge is 0.317 e. The second kappa shape index (κ2) is 5.73. The van der Waals surface area contributed by atoms with Crippen molar-refractivity contribution < 1.29 is 14.7 Å². The molecule has 1 atom stereocenters. The van der Waals surface area contributed by atoms with Crippen molar-refractivity contribution in [2.24, 2.45) is 0 Å². The third-order valence-corrected chi connectivity index (χ3v) is 3.41. The van der Waals surface area contributed by atoms with E-state index in [1.54, 1.807) is 11.1 Å². The Balaban J connectivity index is 1.88. The molecule has 1 fully saturated rings. The number of hydrogen-bond donors (Lipinski definition) is 3. The van der Waals surface area contributed by atoms with Gasteiger partial charge in [-0.3, -0.25) is 9.89 Å². The average molecular weight is 266 g/mol. The molecule has 1 aliphatic rings. The van der Waals surface area contributed by atoms with E-state index in [4.69, 9.17) is 5.11 Å². The van der Waals surface area contributed by atoms with Crippen LogP contribution in [-0.4, -0.2) is 44.8 Å². The van der Waals surface area contributed by atoms with Gasteiger partial charge in [-0.05, 0) is 19.8 Å². The maximum atomic E-state index is 12.0. The van der Waals surface area contributed by atoms with Gasteiger partial charge in [0.1, 0.15) is 0 Å². The van der Waals surface area contributed by atoms with Gasteiger partial charge in [-0.1, -0.05) is 0 Å². The minimum Gasteiger partial charge on any atom is -0.481 e. The van der Waals surface area contributed by atoms with Gasteiger partial charge in [0.15, 0.2) is 0 Å². The molecular weight excluding hydrogens is 248 g/mol. The summed E-state index contributed by atoms with van der Waals surface area (Å²) in [7, 11) is 0. The van der Waals surface area contributed by atoms with Crippen LogP contribution in [0.5, 0.6) is 0 Å². The fraction of sp³-hybridized carbons (Fsp3) is 0.583. The zero-order valence-electron chi connectivity index (χ0n) is 10.8. The number of aliphatic carboxylic acids is 1. The van der Waals surface area contributed by atoms with Crippen LogP contribution in [0.3, 0.4) is 0 Å². The van der Waals surface area contributed by atoms with Crippen molar-refractivity contribution >= 4 is 12.0 Å². The highest BCUT2D eigenvalue weighted by atomic mass is 16.4. The van der Waals surface area contributed by atoms with E-state index in [1.165, 1.54) is 0 Å².